The van der Waals surface area contributed by atoms with E-state index in [1.807, 2.05) is 6.92 Å². The molecule has 0 aliphatic heterocycles. The fraction of sp³-hybridized carbons (Fsp3) is 0.286. The maximum Gasteiger partial charge on any atom is 0.223 e. The van der Waals surface area contributed by atoms with Crippen LogP contribution in [0.2, 0.25) is 0 Å². The van der Waals surface area contributed by atoms with Crippen molar-refractivity contribution in [1.29, 1.82) is 0 Å². The van der Waals surface area contributed by atoms with Gasteiger partial charge in [-0.05, 0) is 19.1 Å². The first-order chi connectivity index (χ1) is 9.69. The highest BCUT2D eigenvalue weighted by molar-refractivity contribution is 5.69. The molecular formula is C14H16FN3O2. The second kappa shape index (κ2) is 6.18. The van der Waals surface area contributed by atoms with Gasteiger partial charge >= 0.3 is 0 Å². The maximum atomic E-state index is 14.0. The van der Waals surface area contributed by atoms with Crippen LogP contribution in [0.3, 0.4) is 0 Å². The number of hydrogen-bond donors (Lipinski definition) is 1. The first kappa shape index (κ1) is 14.0. The van der Waals surface area contributed by atoms with Crippen molar-refractivity contribution in [1.82, 2.24) is 9.97 Å². The van der Waals surface area contributed by atoms with Gasteiger partial charge in [0.25, 0.3) is 0 Å². The first-order valence-corrected chi connectivity index (χ1v) is 6.18. The van der Waals surface area contributed by atoms with Crippen molar-refractivity contribution in [3.05, 3.63) is 30.2 Å². The number of halogens is 1. The van der Waals surface area contributed by atoms with Crippen LogP contribution in [0.25, 0.3) is 11.3 Å². The summed E-state index contributed by atoms with van der Waals surface area (Å²) in [6.07, 6.45) is 1.14. The SMILES string of the molecule is CCNc1ncc(F)c(-c2ccc(OC)cc2OC)n1. The van der Waals surface area contributed by atoms with E-state index in [2.05, 4.69) is 15.3 Å². The van der Waals surface area contributed by atoms with Gasteiger partial charge in [0.15, 0.2) is 5.82 Å². The van der Waals surface area contributed by atoms with E-state index in [0.717, 1.165) is 6.20 Å². The molecule has 0 spiro atoms. The Morgan fingerprint density at radius 3 is 2.70 bits per heavy atom. The smallest absolute Gasteiger partial charge is 0.223 e. The van der Waals surface area contributed by atoms with Gasteiger partial charge in [-0.25, -0.2) is 14.4 Å². The van der Waals surface area contributed by atoms with Gasteiger partial charge < -0.3 is 14.8 Å². The normalized spacial score (nSPS) is 10.2. The standard InChI is InChI=1S/C14H16FN3O2/c1-4-16-14-17-8-11(15)13(18-14)10-6-5-9(19-2)7-12(10)20-3/h5-8H,4H2,1-3H3,(H,16,17,18). The van der Waals surface area contributed by atoms with Crippen molar-refractivity contribution < 1.29 is 13.9 Å². The zero-order chi connectivity index (χ0) is 14.5. The van der Waals surface area contributed by atoms with Crippen molar-refractivity contribution in [2.24, 2.45) is 0 Å². The summed E-state index contributed by atoms with van der Waals surface area (Å²) in [5.41, 5.74) is 0.739. The van der Waals surface area contributed by atoms with Crippen LogP contribution in [-0.4, -0.2) is 30.7 Å². The Hall–Kier alpha value is -2.37. The Balaban J connectivity index is 2.52. The molecule has 0 atom stereocenters. The number of aromatic nitrogens is 2. The summed E-state index contributed by atoms with van der Waals surface area (Å²) in [5.74, 6) is 0.994. The zero-order valence-electron chi connectivity index (χ0n) is 11.6. The molecule has 6 heteroatoms. The van der Waals surface area contributed by atoms with Gasteiger partial charge in [-0.3, -0.25) is 0 Å². The molecule has 2 rings (SSSR count). The number of hydrogen-bond acceptors (Lipinski definition) is 5. The first-order valence-electron chi connectivity index (χ1n) is 6.18. The van der Waals surface area contributed by atoms with E-state index >= 15 is 0 Å². The van der Waals surface area contributed by atoms with Gasteiger partial charge in [0.05, 0.1) is 20.4 Å². The Kier molecular flexibility index (Phi) is 4.34. The molecule has 1 N–H and O–H groups in total. The molecule has 5 nitrogen and oxygen atoms in total. The number of nitrogens with one attached hydrogen (secondary N) is 1. The second-order valence-corrected chi connectivity index (χ2v) is 3.99. The Morgan fingerprint density at radius 1 is 1.25 bits per heavy atom. The minimum atomic E-state index is -0.505. The highest BCUT2D eigenvalue weighted by Gasteiger charge is 2.14. The summed E-state index contributed by atoms with van der Waals surface area (Å²) in [6.45, 7) is 2.57. The monoisotopic (exact) mass is 277 g/mol. The fourth-order valence-corrected chi connectivity index (χ4v) is 1.79. The van der Waals surface area contributed by atoms with Crippen LogP contribution in [0, 0.1) is 5.82 Å². The van der Waals surface area contributed by atoms with E-state index in [-0.39, 0.29) is 5.69 Å². The number of benzene rings is 1. The van der Waals surface area contributed by atoms with Crippen LogP contribution < -0.4 is 14.8 Å². The number of ether oxygens (including phenoxy) is 2. The maximum absolute atomic E-state index is 14.0. The van der Waals surface area contributed by atoms with E-state index in [4.69, 9.17) is 9.47 Å². The van der Waals surface area contributed by atoms with Crippen molar-refractivity contribution in [2.75, 3.05) is 26.1 Å². The number of methoxy groups -OCH3 is 2. The predicted octanol–water partition coefficient (Wildman–Crippen LogP) is 2.73. The summed E-state index contributed by atoms with van der Waals surface area (Å²) in [4.78, 5) is 8.06. The van der Waals surface area contributed by atoms with Gasteiger partial charge in [-0.2, -0.15) is 0 Å². The molecule has 0 saturated carbocycles. The third-order valence-corrected chi connectivity index (χ3v) is 2.74. The Bertz CT molecular complexity index is 605. The topological polar surface area (TPSA) is 56.3 Å². The average molecular weight is 277 g/mol. The van der Waals surface area contributed by atoms with Crippen molar-refractivity contribution in [2.45, 2.75) is 6.92 Å². The third kappa shape index (κ3) is 2.79. The summed E-state index contributed by atoms with van der Waals surface area (Å²) >= 11 is 0. The lowest BCUT2D eigenvalue weighted by Gasteiger charge is -2.11. The minimum Gasteiger partial charge on any atom is -0.497 e. The lowest BCUT2D eigenvalue weighted by molar-refractivity contribution is 0.395. The molecule has 1 aromatic heterocycles. The summed E-state index contributed by atoms with van der Waals surface area (Å²) in [6, 6.07) is 5.12. The second-order valence-electron chi connectivity index (χ2n) is 3.99. The largest absolute Gasteiger partial charge is 0.497 e. The van der Waals surface area contributed by atoms with E-state index in [1.165, 1.54) is 7.11 Å². The molecule has 0 saturated heterocycles. The van der Waals surface area contributed by atoms with Gasteiger partial charge in [0.2, 0.25) is 5.95 Å². The summed E-state index contributed by atoms with van der Waals surface area (Å²) < 4.78 is 24.3. The minimum absolute atomic E-state index is 0.190. The van der Waals surface area contributed by atoms with Crippen molar-refractivity contribution in [3.63, 3.8) is 0 Å². The molecule has 20 heavy (non-hydrogen) atoms. The van der Waals surface area contributed by atoms with E-state index in [0.29, 0.717) is 29.6 Å². The quantitative estimate of drug-likeness (QED) is 0.910. The molecule has 1 heterocycles. The number of anilines is 1. The van der Waals surface area contributed by atoms with E-state index in [9.17, 15) is 4.39 Å². The molecule has 0 fully saturated rings. The average Bonchev–Trinajstić information content (AvgIpc) is 2.49. The lowest BCUT2D eigenvalue weighted by atomic mass is 10.1. The Morgan fingerprint density at radius 2 is 2.05 bits per heavy atom. The molecule has 2 aromatic rings. The molecule has 106 valence electrons. The van der Waals surface area contributed by atoms with Crippen LogP contribution in [0.5, 0.6) is 11.5 Å². The van der Waals surface area contributed by atoms with Gasteiger partial charge in [-0.1, -0.05) is 0 Å². The number of rotatable bonds is 5. The molecule has 0 aliphatic rings. The van der Waals surface area contributed by atoms with Crippen molar-refractivity contribution >= 4 is 5.95 Å². The molecule has 0 aliphatic carbocycles. The van der Waals surface area contributed by atoms with Gasteiger partial charge in [-0.15, -0.1) is 0 Å². The van der Waals surface area contributed by atoms with Gasteiger partial charge in [0.1, 0.15) is 17.2 Å². The van der Waals surface area contributed by atoms with Gasteiger partial charge in [0, 0.05) is 18.2 Å². The molecule has 0 amide bonds. The highest BCUT2D eigenvalue weighted by Crippen LogP contribution is 2.33. The van der Waals surface area contributed by atoms with E-state index < -0.39 is 5.82 Å². The molecule has 0 radical (unpaired) electrons. The fourth-order valence-electron chi connectivity index (χ4n) is 1.79. The van der Waals surface area contributed by atoms with E-state index in [1.54, 1.807) is 25.3 Å². The predicted molar refractivity (Wildman–Crippen MR) is 74.7 cm³/mol. The molecule has 1 aromatic carbocycles. The molecule has 0 bridgehead atoms. The molecule has 0 unspecified atom stereocenters. The van der Waals surface area contributed by atoms with Crippen LogP contribution >= 0.6 is 0 Å². The molecular weight excluding hydrogens is 261 g/mol. The Labute approximate surface area is 116 Å². The van der Waals surface area contributed by atoms with Crippen LogP contribution in [-0.2, 0) is 0 Å². The number of nitrogens with zero attached hydrogens (tertiary/aromatic N) is 2. The van der Waals surface area contributed by atoms with Crippen LogP contribution in [0.15, 0.2) is 24.4 Å². The summed E-state index contributed by atoms with van der Waals surface area (Å²) in [7, 11) is 3.07. The van der Waals surface area contributed by atoms with Crippen LogP contribution in [0.1, 0.15) is 6.92 Å². The summed E-state index contributed by atoms with van der Waals surface area (Å²) in [5, 5.41) is 2.95. The van der Waals surface area contributed by atoms with Crippen molar-refractivity contribution in [3.8, 4) is 22.8 Å². The zero-order valence-corrected chi connectivity index (χ0v) is 11.6. The van der Waals surface area contributed by atoms with Crippen LogP contribution in [0.4, 0.5) is 10.3 Å². The third-order valence-electron chi connectivity index (χ3n) is 2.74. The highest BCUT2D eigenvalue weighted by atomic mass is 19.1. The lowest BCUT2D eigenvalue weighted by Crippen LogP contribution is -2.04.